The van der Waals surface area contributed by atoms with Crippen LogP contribution in [0.3, 0.4) is 0 Å². The highest BCUT2D eigenvalue weighted by atomic mass is 35.5. The summed E-state index contributed by atoms with van der Waals surface area (Å²) in [5.74, 6) is 0.279. The van der Waals surface area contributed by atoms with Crippen molar-refractivity contribution < 1.29 is 4.74 Å². The van der Waals surface area contributed by atoms with Crippen LogP contribution < -0.4 is 4.74 Å². The number of aryl methyl sites for hydroxylation is 1. The largest absolute Gasteiger partial charge is 0.480 e. The highest BCUT2D eigenvalue weighted by molar-refractivity contribution is 7.18. The second-order valence-corrected chi connectivity index (χ2v) is 8.37. The van der Waals surface area contributed by atoms with Crippen LogP contribution in [0.2, 0.25) is 10.0 Å². The molecule has 2 aromatic heterocycles. The van der Waals surface area contributed by atoms with Crippen LogP contribution in [0.15, 0.2) is 54.6 Å². The molecule has 0 N–H and O–H groups in total. The molecule has 0 radical (unpaired) electrons. The number of rotatable bonds is 4. The molecule has 0 spiro atoms. The van der Waals surface area contributed by atoms with Gasteiger partial charge in [-0.1, -0.05) is 47.5 Å². The van der Waals surface area contributed by atoms with Gasteiger partial charge < -0.3 is 4.74 Å². The average molecular weight is 452 g/mol. The molecule has 0 unspecified atom stereocenters. The molecule has 2 aromatic carbocycles. The van der Waals surface area contributed by atoms with E-state index in [-0.39, 0.29) is 5.88 Å². The molecule has 7 heteroatoms. The number of pyridine rings is 1. The summed E-state index contributed by atoms with van der Waals surface area (Å²) in [7, 11) is 1.51. The zero-order chi connectivity index (χ0) is 21.3. The fraction of sp³-hybridized carbons (Fsp3) is 0.0870. The van der Waals surface area contributed by atoms with E-state index in [0.29, 0.717) is 21.3 Å². The third kappa shape index (κ3) is 3.90. The van der Waals surface area contributed by atoms with E-state index in [2.05, 4.69) is 11.1 Å². The number of hydrogen-bond donors (Lipinski definition) is 0. The summed E-state index contributed by atoms with van der Waals surface area (Å²) >= 11 is 13.6. The van der Waals surface area contributed by atoms with Crippen LogP contribution in [0.5, 0.6) is 5.88 Å². The molecule has 0 bridgehead atoms. The molecule has 0 saturated carbocycles. The normalized spacial score (nSPS) is 10.6. The number of nitrogens with zero attached hydrogens (tertiary/aromatic N) is 3. The Bertz CT molecular complexity index is 1260. The molecular formula is C23H15Cl2N3OS. The Morgan fingerprint density at radius 2 is 1.53 bits per heavy atom. The molecular weight excluding hydrogens is 437 g/mol. The van der Waals surface area contributed by atoms with Gasteiger partial charge in [-0.05, 0) is 42.8 Å². The van der Waals surface area contributed by atoms with Gasteiger partial charge in [-0.3, -0.25) is 0 Å². The Morgan fingerprint density at radius 1 is 0.933 bits per heavy atom. The number of halogens is 2. The predicted molar refractivity (Wildman–Crippen MR) is 122 cm³/mol. The minimum absolute atomic E-state index is 0.279. The Morgan fingerprint density at radius 3 is 2.10 bits per heavy atom. The van der Waals surface area contributed by atoms with Crippen molar-refractivity contribution in [1.29, 1.82) is 5.26 Å². The standard InChI is InChI=1S/C23H15Cl2N3OS/c1-13-21(30-23(27-13)15-5-9-17(25)10-6-15)20-11-18(14-3-7-16(24)8-4-14)19(12-26)22(28-20)29-2/h3-11H,1-2H3. The van der Waals surface area contributed by atoms with Crippen molar-refractivity contribution in [1.82, 2.24) is 9.97 Å². The summed E-state index contributed by atoms with van der Waals surface area (Å²) < 4.78 is 5.44. The molecule has 148 valence electrons. The maximum atomic E-state index is 9.72. The Balaban J connectivity index is 1.87. The second kappa shape index (κ2) is 8.45. The van der Waals surface area contributed by atoms with Crippen LogP contribution in [0.1, 0.15) is 11.3 Å². The van der Waals surface area contributed by atoms with Crippen molar-refractivity contribution in [2.75, 3.05) is 7.11 Å². The fourth-order valence-electron chi connectivity index (χ4n) is 3.10. The minimum Gasteiger partial charge on any atom is -0.480 e. The molecule has 2 heterocycles. The van der Waals surface area contributed by atoms with E-state index in [1.165, 1.54) is 18.4 Å². The van der Waals surface area contributed by atoms with E-state index in [0.717, 1.165) is 32.3 Å². The lowest BCUT2D eigenvalue weighted by molar-refractivity contribution is 0.397. The van der Waals surface area contributed by atoms with Gasteiger partial charge in [0.25, 0.3) is 0 Å². The number of ether oxygens (including phenoxy) is 1. The number of thiazole rings is 1. The van der Waals surface area contributed by atoms with Gasteiger partial charge in [0.15, 0.2) is 0 Å². The summed E-state index contributed by atoms with van der Waals surface area (Å²) in [6, 6.07) is 19.0. The SMILES string of the molecule is COc1nc(-c2sc(-c3ccc(Cl)cc3)nc2C)cc(-c2ccc(Cl)cc2)c1C#N. The van der Waals surface area contributed by atoms with E-state index >= 15 is 0 Å². The second-order valence-electron chi connectivity index (χ2n) is 6.50. The van der Waals surface area contributed by atoms with Crippen molar-refractivity contribution in [3.8, 4) is 44.2 Å². The third-order valence-electron chi connectivity index (χ3n) is 4.57. The van der Waals surface area contributed by atoms with Gasteiger partial charge in [0, 0.05) is 21.2 Å². The molecule has 0 atom stereocenters. The van der Waals surface area contributed by atoms with E-state index < -0.39 is 0 Å². The Kier molecular flexibility index (Phi) is 5.74. The smallest absolute Gasteiger partial charge is 0.232 e. The summed E-state index contributed by atoms with van der Waals surface area (Å²) in [6.07, 6.45) is 0. The van der Waals surface area contributed by atoms with Gasteiger partial charge in [-0.2, -0.15) is 5.26 Å². The fourth-order valence-corrected chi connectivity index (χ4v) is 4.39. The zero-order valence-electron chi connectivity index (χ0n) is 16.1. The lowest BCUT2D eigenvalue weighted by atomic mass is 10.00. The molecule has 4 aromatic rings. The maximum absolute atomic E-state index is 9.72. The number of benzene rings is 2. The van der Waals surface area contributed by atoms with Crippen LogP contribution in [-0.4, -0.2) is 17.1 Å². The predicted octanol–water partition coefficient (Wildman–Crippen LogP) is 7.03. The van der Waals surface area contributed by atoms with Crippen molar-refractivity contribution in [2.24, 2.45) is 0 Å². The summed E-state index contributed by atoms with van der Waals surface area (Å²) in [4.78, 5) is 10.2. The van der Waals surface area contributed by atoms with Crippen LogP contribution in [0.4, 0.5) is 0 Å². The van der Waals surface area contributed by atoms with Gasteiger partial charge >= 0.3 is 0 Å². The summed E-state index contributed by atoms with van der Waals surface area (Å²) in [5.41, 5.74) is 4.51. The van der Waals surface area contributed by atoms with Crippen molar-refractivity contribution >= 4 is 34.5 Å². The Hall–Kier alpha value is -2.91. The number of methoxy groups -OCH3 is 1. The molecule has 4 rings (SSSR count). The van der Waals surface area contributed by atoms with Crippen LogP contribution in [0.25, 0.3) is 32.3 Å². The summed E-state index contributed by atoms with van der Waals surface area (Å²) in [6.45, 7) is 1.94. The van der Waals surface area contributed by atoms with E-state index in [1.54, 1.807) is 12.1 Å². The van der Waals surface area contributed by atoms with Gasteiger partial charge in [-0.15, -0.1) is 11.3 Å². The first-order valence-corrected chi connectivity index (χ1v) is 10.6. The molecule has 30 heavy (non-hydrogen) atoms. The van der Waals surface area contributed by atoms with Crippen LogP contribution >= 0.6 is 34.5 Å². The first kappa shape index (κ1) is 20.4. The Labute approximate surface area is 188 Å². The molecule has 0 aliphatic carbocycles. The number of hydrogen-bond acceptors (Lipinski definition) is 5. The molecule has 0 amide bonds. The van der Waals surface area contributed by atoms with Gasteiger partial charge in [0.2, 0.25) is 5.88 Å². The number of nitriles is 1. The zero-order valence-corrected chi connectivity index (χ0v) is 18.4. The first-order valence-electron chi connectivity index (χ1n) is 8.99. The highest BCUT2D eigenvalue weighted by Crippen LogP contribution is 2.39. The molecule has 0 saturated heterocycles. The van der Waals surface area contributed by atoms with Gasteiger partial charge in [-0.25, -0.2) is 9.97 Å². The molecule has 4 nitrogen and oxygen atoms in total. The van der Waals surface area contributed by atoms with Crippen molar-refractivity contribution in [2.45, 2.75) is 6.92 Å². The topological polar surface area (TPSA) is 58.8 Å². The average Bonchev–Trinajstić information content (AvgIpc) is 3.15. The van der Waals surface area contributed by atoms with Crippen molar-refractivity contribution in [3.63, 3.8) is 0 Å². The quantitative estimate of drug-likeness (QED) is 0.333. The maximum Gasteiger partial charge on any atom is 0.232 e. The van der Waals surface area contributed by atoms with Crippen molar-refractivity contribution in [3.05, 3.63) is 75.9 Å². The van der Waals surface area contributed by atoms with E-state index in [4.69, 9.17) is 32.9 Å². The molecule has 0 aliphatic heterocycles. The summed E-state index contributed by atoms with van der Waals surface area (Å²) in [5, 5.41) is 11.9. The molecule has 0 aliphatic rings. The van der Waals surface area contributed by atoms with Crippen LogP contribution in [-0.2, 0) is 0 Å². The monoisotopic (exact) mass is 451 g/mol. The minimum atomic E-state index is 0.279. The van der Waals surface area contributed by atoms with Gasteiger partial charge in [0.1, 0.15) is 16.6 Å². The third-order valence-corrected chi connectivity index (χ3v) is 6.30. The van der Waals surface area contributed by atoms with Gasteiger partial charge in [0.05, 0.1) is 23.4 Å². The number of aromatic nitrogens is 2. The lowest BCUT2D eigenvalue weighted by Crippen LogP contribution is -1.97. The van der Waals surface area contributed by atoms with E-state index in [9.17, 15) is 5.26 Å². The first-order chi connectivity index (χ1) is 14.5. The van der Waals surface area contributed by atoms with E-state index in [1.807, 2.05) is 49.4 Å². The molecule has 0 fully saturated rings. The lowest BCUT2D eigenvalue weighted by Gasteiger charge is -2.11. The highest BCUT2D eigenvalue weighted by Gasteiger charge is 2.19. The van der Waals surface area contributed by atoms with Crippen LogP contribution in [0, 0.1) is 18.3 Å².